The van der Waals surface area contributed by atoms with Crippen molar-refractivity contribution in [3.63, 3.8) is 0 Å². The normalized spacial score (nSPS) is 25.6. The van der Waals surface area contributed by atoms with Gasteiger partial charge in [-0.3, -0.25) is 0 Å². The van der Waals surface area contributed by atoms with Crippen LogP contribution < -0.4 is 0 Å². The van der Waals surface area contributed by atoms with Crippen molar-refractivity contribution in [3.05, 3.63) is 65.2 Å². The molecule has 2 radical (unpaired) electrons. The molecule has 0 spiro atoms. The minimum absolute atomic E-state index is 0. The molecule has 3 heterocycles. The maximum Gasteiger partial charge on any atom is 0.261 e. The Morgan fingerprint density at radius 3 is 1.88 bits per heavy atom. The van der Waals surface area contributed by atoms with Gasteiger partial charge in [-0.15, -0.1) is 0 Å². The van der Waals surface area contributed by atoms with Crippen LogP contribution in [0, 0.1) is 110 Å². The zero-order chi connectivity index (χ0) is 29.8. The third-order valence-corrected chi connectivity index (χ3v) is 9.55. The molecule has 42 heavy (non-hydrogen) atoms. The second-order valence-corrected chi connectivity index (χ2v) is 14.1. The molecule has 0 aromatic heterocycles. The van der Waals surface area contributed by atoms with E-state index in [0.29, 0.717) is 13.2 Å². The van der Waals surface area contributed by atoms with Crippen molar-refractivity contribution in [1.82, 2.24) is 0 Å². The van der Waals surface area contributed by atoms with E-state index in [1.54, 1.807) is 30.3 Å². The Morgan fingerprint density at radius 2 is 1.38 bits per heavy atom. The van der Waals surface area contributed by atoms with E-state index < -0.39 is 11.4 Å². The average molecular weight is 1010 g/mol. The van der Waals surface area contributed by atoms with Crippen molar-refractivity contribution in [2.24, 2.45) is 21.7 Å². The zero-order valence-electron chi connectivity index (χ0n) is 27.1. The first-order valence-electron chi connectivity index (χ1n) is 14.5. The molecule has 0 bridgehead atoms. The van der Waals surface area contributed by atoms with Gasteiger partial charge in [0, 0.05) is 115 Å². The molecule has 0 aliphatic carbocycles. The molecule has 6 nitrogen and oxygen atoms in total. The third kappa shape index (κ3) is 6.33. The predicted molar refractivity (Wildman–Crippen MR) is 157 cm³/mol. The molecule has 2 aromatic rings. The van der Waals surface area contributed by atoms with Crippen LogP contribution in [0.5, 0.6) is 11.5 Å². The third-order valence-electron chi connectivity index (χ3n) is 9.55. The summed E-state index contributed by atoms with van der Waals surface area (Å²) in [6.07, 6.45) is 2.00. The van der Waals surface area contributed by atoms with Crippen LogP contribution >= 0.6 is 0 Å². The molecule has 2 unspecified atom stereocenters. The Kier molecular flexibility index (Phi) is 12.5. The largest absolute Gasteiger partial charge is 0.508 e. The van der Waals surface area contributed by atoms with Crippen LogP contribution in [0.15, 0.2) is 54.1 Å². The molecule has 3 aliphatic heterocycles. The second-order valence-electron chi connectivity index (χ2n) is 14.1. The first-order valence-corrected chi connectivity index (χ1v) is 14.5. The van der Waals surface area contributed by atoms with Crippen LogP contribution in [0.1, 0.15) is 93.2 Å². The van der Waals surface area contributed by atoms with Gasteiger partial charge in [0.05, 0.1) is 13.2 Å². The van der Waals surface area contributed by atoms with E-state index in [4.69, 9.17) is 19.2 Å². The van der Waals surface area contributed by atoms with Crippen molar-refractivity contribution in [1.29, 1.82) is 0 Å². The number of phenols is 2. The number of rotatable bonds is 6. The number of aromatic hydroxyl groups is 2. The first-order chi connectivity index (χ1) is 18.5. The van der Waals surface area contributed by atoms with Gasteiger partial charge in [0.1, 0.15) is 17.3 Å². The van der Waals surface area contributed by atoms with Crippen molar-refractivity contribution in [3.8, 4) is 11.5 Å². The van der Waals surface area contributed by atoms with Crippen LogP contribution in [0.25, 0.3) is 5.76 Å². The molecule has 8 heteroatoms. The van der Waals surface area contributed by atoms with Gasteiger partial charge in [0.2, 0.25) is 0 Å². The Labute approximate surface area is 324 Å². The number of phenolic OH excluding ortho intramolecular Hbond substituents is 2. The van der Waals surface area contributed by atoms with Gasteiger partial charge in [-0.05, 0) is 48.1 Å². The summed E-state index contributed by atoms with van der Waals surface area (Å²) in [4.78, 5) is 11.4. The van der Waals surface area contributed by atoms with Crippen LogP contribution in [0.2, 0.25) is 0 Å². The van der Waals surface area contributed by atoms with Crippen LogP contribution in [-0.2, 0) is 25.0 Å². The van der Waals surface area contributed by atoms with Gasteiger partial charge < -0.3 is 19.7 Å². The van der Waals surface area contributed by atoms with Gasteiger partial charge in [-0.25, -0.2) is 4.89 Å². The molecule has 2 N–H and O–H groups in total. The van der Waals surface area contributed by atoms with E-state index in [2.05, 4.69) is 69.2 Å². The minimum atomic E-state index is -0.950. The number of benzene rings is 2. The minimum Gasteiger partial charge on any atom is -0.508 e. The Morgan fingerprint density at radius 1 is 0.786 bits per heavy atom. The number of fused-ring (bicyclic) bond motifs is 1. The molecular formula is C34H48Ac2O6. The molecule has 226 valence electrons. The molecular weight excluding hydrogens is 958 g/mol. The van der Waals surface area contributed by atoms with Gasteiger partial charge in [0.25, 0.3) is 5.79 Å². The monoisotopic (exact) mass is 1010 g/mol. The predicted octanol–water partition coefficient (Wildman–Crippen LogP) is 8.33. The van der Waals surface area contributed by atoms with Crippen LogP contribution in [0.3, 0.4) is 0 Å². The van der Waals surface area contributed by atoms with E-state index in [-0.39, 0.29) is 121 Å². The van der Waals surface area contributed by atoms with Gasteiger partial charge in [0.15, 0.2) is 5.60 Å². The molecule has 0 amide bonds. The molecule has 2 saturated heterocycles. The summed E-state index contributed by atoms with van der Waals surface area (Å²) in [5.41, 5.74) is 2.35. The molecule has 5 rings (SSSR count). The second kappa shape index (κ2) is 13.6. The van der Waals surface area contributed by atoms with Gasteiger partial charge in [-0.1, -0.05) is 93.5 Å². The van der Waals surface area contributed by atoms with Crippen LogP contribution in [0.4, 0.5) is 0 Å². The van der Waals surface area contributed by atoms with Crippen molar-refractivity contribution >= 4 is 5.76 Å². The zero-order valence-corrected chi connectivity index (χ0v) is 36.6. The van der Waals surface area contributed by atoms with Gasteiger partial charge >= 0.3 is 0 Å². The maximum atomic E-state index is 9.82. The topological polar surface area (TPSA) is 77.4 Å². The molecule has 2 aromatic carbocycles. The van der Waals surface area contributed by atoms with Crippen molar-refractivity contribution in [2.75, 3.05) is 13.2 Å². The smallest absolute Gasteiger partial charge is 0.261 e. The molecule has 2 fully saturated rings. The SMILES string of the molecule is CCC(C)(C)C12OOC1(c1cccc(O)c1)OCC2(C)C.CCC(C)(C)C1=C(c2cccc(O)c2)OCC1(C)C.[Ac].[Ac]. The first kappa shape index (κ1) is 38.5. The Hall–Kier alpha value is 0.343. The number of hydrogen-bond acceptors (Lipinski definition) is 6. The summed E-state index contributed by atoms with van der Waals surface area (Å²) < 4.78 is 12.1. The summed E-state index contributed by atoms with van der Waals surface area (Å²) in [5.74, 6) is 0.489. The van der Waals surface area contributed by atoms with E-state index in [1.165, 1.54) is 5.57 Å². The maximum absolute atomic E-state index is 9.82. The summed E-state index contributed by atoms with van der Waals surface area (Å²) in [6, 6.07) is 14.4. The summed E-state index contributed by atoms with van der Waals surface area (Å²) >= 11 is 0. The van der Waals surface area contributed by atoms with E-state index >= 15 is 0 Å². The van der Waals surface area contributed by atoms with Crippen molar-refractivity contribution < 1.29 is 118 Å². The van der Waals surface area contributed by atoms with E-state index in [9.17, 15) is 10.2 Å². The number of hydrogen-bond donors (Lipinski definition) is 2. The standard InChI is InChI=1S/C17H24O4.C17H24O2.2Ac/c1-6-14(2,3)17-15(4,5)11-19-16(17,20-21-17)12-8-7-9-13(18)10-12;1-6-16(2,3)15-14(19-11-17(15,4)5)12-8-7-9-13(18)10-12;;/h7-10,18H,6,11H2,1-5H3;7-10,18H,6,11H2,1-5H3;;. The average Bonchev–Trinajstić information content (AvgIpc) is 3.27. The fraction of sp³-hybridized carbons (Fsp3) is 0.588. The molecule has 0 saturated carbocycles. The quantitative estimate of drug-likeness (QED) is 0.284. The van der Waals surface area contributed by atoms with E-state index in [1.807, 2.05) is 18.2 Å². The van der Waals surface area contributed by atoms with Crippen LogP contribution in [-0.4, -0.2) is 29.0 Å². The summed E-state index contributed by atoms with van der Waals surface area (Å²) in [5, 5.41) is 19.5. The summed E-state index contributed by atoms with van der Waals surface area (Å²) in [6.45, 7) is 23.3. The fourth-order valence-electron chi connectivity index (χ4n) is 7.02. The molecule has 3 aliphatic rings. The Balaban J connectivity index is 0.000000282. The van der Waals surface area contributed by atoms with Crippen molar-refractivity contribution in [2.45, 2.75) is 93.5 Å². The number of ether oxygens (including phenoxy) is 2. The Bertz CT molecular complexity index is 1280. The summed E-state index contributed by atoms with van der Waals surface area (Å²) in [7, 11) is 0. The fourth-order valence-corrected chi connectivity index (χ4v) is 7.02. The van der Waals surface area contributed by atoms with E-state index in [0.717, 1.165) is 29.7 Å². The van der Waals surface area contributed by atoms with Gasteiger partial charge in [-0.2, -0.15) is 4.89 Å². The molecule has 2 atom stereocenters.